The minimum atomic E-state index is -1.16. The molecule has 2 aromatic carbocycles. The molecule has 0 amide bonds. The van der Waals surface area contributed by atoms with Crippen LogP contribution in [0.5, 0.6) is 5.75 Å². The van der Waals surface area contributed by atoms with Crippen LogP contribution >= 0.6 is 11.8 Å². The molecule has 1 aromatic heterocycles. The largest absolute Gasteiger partial charge is 0.497 e. The topological polar surface area (TPSA) is 71.6 Å². The number of ether oxygens (including phenoxy) is 1. The van der Waals surface area contributed by atoms with E-state index in [1.165, 1.54) is 5.56 Å². The zero-order valence-corrected chi connectivity index (χ0v) is 21.9. The van der Waals surface area contributed by atoms with Gasteiger partial charge < -0.3 is 20.5 Å². The molecule has 1 aliphatic rings. The number of methoxy groups -OCH3 is 1. The minimum absolute atomic E-state index is 0.00248. The van der Waals surface area contributed by atoms with Gasteiger partial charge in [-0.1, -0.05) is 0 Å². The van der Waals surface area contributed by atoms with E-state index in [9.17, 15) is 18.3 Å². The first-order chi connectivity index (χ1) is 17.9. The molecule has 200 valence electrons. The van der Waals surface area contributed by atoms with Gasteiger partial charge in [-0.15, -0.1) is 11.8 Å². The van der Waals surface area contributed by atoms with Crippen molar-refractivity contribution in [3.8, 4) is 5.75 Å². The van der Waals surface area contributed by atoms with Crippen LogP contribution in [0.15, 0.2) is 41.4 Å². The SMILES string of the molecule is COc1ccc2ncc(CN)c(CCCC3(CO)CCN(CCSc4cc(F)cc(F)c4F)CC3)c2c1. The standard InChI is InChI=1S/C28H34F3N3O2S/c1-36-21-4-5-25-23(15-21)22(19(16-32)17-33-25)3-2-6-28(18-35)7-9-34(10-8-28)11-12-37-26-14-20(29)13-24(30)27(26)31/h4-5,13-15,17,35H,2-3,6-12,16,18,32H2,1H3. The van der Waals surface area contributed by atoms with Gasteiger partial charge in [0.05, 0.1) is 12.6 Å². The second-order valence-electron chi connectivity index (χ2n) is 9.75. The molecule has 3 aromatic rings. The summed E-state index contributed by atoms with van der Waals surface area (Å²) in [4.78, 5) is 6.81. The zero-order valence-electron chi connectivity index (χ0n) is 21.1. The minimum Gasteiger partial charge on any atom is -0.497 e. The maximum Gasteiger partial charge on any atom is 0.172 e. The van der Waals surface area contributed by atoms with E-state index in [0.717, 1.165) is 85.2 Å². The molecule has 0 radical (unpaired) electrons. The predicted octanol–water partition coefficient (Wildman–Crippen LogP) is 5.31. The van der Waals surface area contributed by atoms with Gasteiger partial charge in [0.15, 0.2) is 11.6 Å². The van der Waals surface area contributed by atoms with Crippen LogP contribution in [-0.4, -0.2) is 54.1 Å². The van der Waals surface area contributed by atoms with E-state index >= 15 is 0 Å². The van der Waals surface area contributed by atoms with Crippen molar-refractivity contribution >= 4 is 22.7 Å². The van der Waals surface area contributed by atoms with Gasteiger partial charge in [0.25, 0.3) is 0 Å². The van der Waals surface area contributed by atoms with Gasteiger partial charge in [-0.2, -0.15) is 0 Å². The van der Waals surface area contributed by atoms with E-state index in [4.69, 9.17) is 10.5 Å². The van der Waals surface area contributed by atoms with Crippen LogP contribution in [0.4, 0.5) is 13.2 Å². The third kappa shape index (κ3) is 6.57. The van der Waals surface area contributed by atoms with Crippen LogP contribution in [0.1, 0.15) is 36.8 Å². The number of pyridine rings is 1. The van der Waals surface area contributed by atoms with Crippen molar-refractivity contribution in [2.75, 3.05) is 39.1 Å². The summed E-state index contributed by atoms with van der Waals surface area (Å²) in [5.74, 6) is -1.61. The summed E-state index contributed by atoms with van der Waals surface area (Å²) in [5, 5.41) is 11.3. The number of rotatable bonds is 11. The summed E-state index contributed by atoms with van der Waals surface area (Å²) in [6.07, 6.45) is 6.25. The molecule has 2 heterocycles. The molecule has 5 nitrogen and oxygen atoms in total. The van der Waals surface area contributed by atoms with E-state index in [-0.39, 0.29) is 16.9 Å². The Morgan fingerprint density at radius 3 is 2.65 bits per heavy atom. The number of halogens is 3. The van der Waals surface area contributed by atoms with Crippen molar-refractivity contribution in [1.82, 2.24) is 9.88 Å². The lowest BCUT2D eigenvalue weighted by atomic mass is 9.75. The number of likely N-dealkylation sites (tertiary alicyclic amines) is 1. The number of aryl methyl sites for hydroxylation is 1. The molecule has 1 saturated heterocycles. The van der Waals surface area contributed by atoms with Crippen molar-refractivity contribution in [1.29, 1.82) is 0 Å². The average Bonchev–Trinajstić information content (AvgIpc) is 2.92. The Kier molecular flexibility index (Phi) is 9.34. The fraction of sp³-hybridized carbons (Fsp3) is 0.464. The van der Waals surface area contributed by atoms with Gasteiger partial charge >= 0.3 is 0 Å². The van der Waals surface area contributed by atoms with Crippen LogP contribution < -0.4 is 10.5 Å². The highest BCUT2D eigenvalue weighted by atomic mass is 32.2. The summed E-state index contributed by atoms with van der Waals surface area (Å²) in [5.41, 5.74) is 9.02. The Balaban J connectivity index is 1.31. The molecular formula is C28H34F3N3O2S. The van der Waals surface area contributed by atoms with Gasteiger partial charge in [-0.25, -0.2) is 13.2 Å². The van der Waals surface area contributed by atoms with Crippen LogP contribution in [0.25, 0.3) is 10.9 Å². The second kappa shape index (κ2) is 12.5. The smallest absolute Gasteiger partial charge is 0.172 e. The van der Waals surface area contributed by atoms with E-state index in [1.807, 2.05) is 24.4 Å². The van der Waals surface area contributed by atoms with Gasteiger partial charge in [0.2, 0.25) is 0 Å². The number of hydrogen-bond acceptors (Lipinski definition) is 6. The fourth-order valence-corrected chi connectivity index (χ4v) is 6.16. The summed E-state index contributed by atoms with van der Waals surface area (Å²) >= 11 is 1.12. The Morgan fingerprint density at radius 1 is 1.16 bits per heavy atom. The first-order valence-electron chi connectivity index (χ1n) is 12.6. The molecule has 0 spiro atoms. The van der Waals surface area contributed by atoms with Gasteiger partial charge in [0, 0.05) is 48.0 Å². The van der Waals surface area contributed by atoms with Gasteiger partial charge in [-0.3, -0.25) is 4.98 Å². The van der Waals surface area contributed by atoms with Crippen molar-refractivity contribution in [3.63, 3.8) is 0 Å². The number of aliphatic hydroxyl groups is 1. The van der Waals surface area contributed by atoms with Crippen molar-refractivity contribution in [2.24, 2.45) is 11.1 Å². The van der Waals surface area contributed by atoms with E-state index in [1.54, 1.807) is 7.11 Å². The third-order valence-electron chi connectivity index (χ3n) is 7.51. The highest BCUT2D eigenvalue weighted by Gasteiger charge is 2.33. The maximum atomic E-state index is 13.9. The third-order valence-corrected chi connectivity index (χ3v) is 8.50. The molecule has 37 heavy (non-hydrogen) atoms. The Bertz CT molecular complexity index is 1210. The second-order valence-corrected chi connectivity index (χ2v) is 10.9. The Hall–Kier alpha value is -2.33. The number of nitrogens with zero attached hydrogens (tertiary/aromatic N) is 2. The Morgan fingerprint density at radius 2 is 1.95 bits per heavy atom. The van der Waals surface area contributed by atoms with Crippen molar-refractivity contribution in [3.05, 3.63) is 65.1 Å². The predicted molar refractivity (Wildman–Crippen MR) is 141 cm³/mol. The van der Waals surface area contributed by atoms with Crippen LogP contribution in [0.2, 0.25) is 0 Å². The molecular weight excluding hydrogens is 499 g/mol. The van der Waals surface area contributed by atoms with E-state index < -0.39 is 17.5 Å². The van der Waals surface area contributed by atoms with Crippen LogP contribution in [0, 0.1) is 22.9 Å². The van der Waals surface area contributed by atoms with E-state index in [0.29, 0.717) is 24.9 Å². The first kappa shape index (κ1) is 27.7. The number of aliphatic hydroxyl groups excluding tert-OH is 1. The highest BCUT2D eigenvalue weighted by Crippen LogP contribution is 2.37. The number of thioether (sulfide) groups is 1. The normalized spacial score (nSPS) is 15.8. The average molecular weight is 534 g/mol. The zero-order chi connectivity index (χ0) is 26.4. The summed E-state index contributed by atoms with van der Waals surface area (Å²) < 4.78 is 46.1. The Labute approximate surface area is 220 Å². The number of hydrogen-bond donors (Lipinski definition) is 2. The lowest BCUT2D eigenvalue weighted by Crippen LogP contribution is -2.42. The molecule has 4 rings (SSSR count). The monoisotopic (exact) mass is 533 g/mol. The molecule has 0 bridgehead atoms. The van der Waals surface area contributed by atoms with Gasteiger partial charge in [0.1, 0.15) is 11.6 Å². The number of aromatic nitrogens is 1. The van der Waals surface area contributed by atoms with Crippen LogP contribution in [0.3, 0.4) is 0 Å². The number of piperidine rings is 1. The molecule has 1 aliphatic heterocycles. The molecule has 3 N–H and O–H groups in total. The molecule has 1 fully saturated rings. The molecule has 9 heteroatoms. The summed E-state index contributed by atoms with van der Waals surface area (Å²) in [6, 6.07) is 7.47. The quantitative estimate of drug-likeness (QED) is 0.257. The lowest BCUT2D eigenvalue weighted by molar-refractivity contribution is 0.0378. The molecule has 0 aliphatic carbocycles. The van der Waals surface area contributed by atoms with Gasteiger partial charge in [-0.05, 0) is 86.0 Å². The van der Waals surface area contributed by atoms with Crippen molar-refractivity contribution in [2.45, 2.75) is 43.5 Å². The highest BCUT2D eigenvalue weighted by molar-refractivity contribution is 7.99. The van der Waals surface area contributed by atoms with Crippen molar-refractivity contribution < 1.29 is 23.0 Å². The number of nitrogens with two attached hydrogens (primary N) is 1. The molecule has 0 saturated carbocycles. The number of fused-ring (bicyclic) bond motifs is 1. The maximum absolute atomic E-state index is 13.9. The summed E-state index contributed by atoms with van der Waals surface area (Å²) in [7, 11) is 1.65. The summed E-state index contributed by atoms with van der Waals surface area (Å²) in [6.45, 7) is 2.89. The fourth-order valence-electron chi connectivity index (χ4n) is 5.17. The molecule has 0 unspecified atom stereocenters. The number of benzene rings is 2. The van der Waals surface area contributed by atoms with E-state index in [2.05, 4.69) is 9.88 Å². The lowest BCUT2D eigenvalue weighted by Gasteiger charge is -2.41. The molecule has 0 atom stereocenters. The first-order valence-corrected chi connectivity index (χ1v) is 13.6. The van der Waals surface area contributed by atoms with Crippen LogP contribution in [-0.2, 0) is 13.0 Å².